The van der Waals surface area contributed by atoms with Gasteiger partial charge < -0.3 is 29.1 Å². The highest BCUT2D eigenvalue weighted by molar-refractivity contribution is 6.87. The van der Waals surface area contributed by atoms with Crippen LogP contribution >= 0.6 is 0 Å². The molecule has 0 saturated carbocycles. The molecule has 0 aromatic heterocycles. The number of anilines is 3. The average Bonchev–Trinajstić information content (AvgIpc) is 3.80. The fourth-order valence-electron chi connectivity index (χ4n) is 6.97. The number of urea groups is 3. The Hall–Kier alpha value is -3.84. The molecule has 3 aromatic carbocycles. The van der Waals surface area contributed by atoms with Crippen molar-refractivity contribution >= 4 is 60.4 Å². The van der Waals surface area contributed by atoms with Gasteiger partial charge in [0.2, 0.25) is 6.17 Å². The predicted molar refractivity (Wildman–Crippen MR) is 247 cm³/mol. The van der Waals surface area contributed by atoms with Crippen LogP contribution in [0.1, 0.15) is 42.0 Å². The predicted octanol–water partition coefficient (Wildman–Crippen LogP) is 10.2. The van der Waals surface area contributed by atoms with Crippen molar-refractivity contribution in [2.75, 3.05) is 55.2 Å². The molecule has 1 saturated heterocycles. The fraction of sp³-hybridized carbons (Fsp3) is 0.500. The summed E-state index contributed by atoms with van der Waals surface area (Å²) < 4.78 is 14.0. The molecule has 0 spiro atoms. The second-order valence-corrected chi connectivity index (χ2v) is 28.2. The lowest BCUT2D eigenvalue weighted by Gasteiger charge is -2.39. The number of hydrogen-bond donors (Lipinski definition) is 5. The molecule has 1 heterocycles. The van der Waals surface area contributed by atoms with Crippen LogP contribution in [0.2, 0.25) is 51.4 Å². The highest BCUT2D eigenvalue weighted by Crippen LogP contribution is 2.34. The van der Waals surface area contributed by atoms with Crippen LogP contribution in [0.3, 0.4) is 0 Å². The summed E-state index contributed by atoms with van der Waals surface area (Å²) >= 11 is 0. The molecule has 57 heavy (non-hydrogen) atoms. The van der Waals surface area contributed by atoms with E-state index in [1.54, 1.807) is 0 Å². The van der Waals surface area contributed by atoms with E-state index >= 15 is 0 Å². The maximum atomic E-state index is 13.7. The van der Waals surface area contributed by atoms with Gasteiger partial charge in [0, 0.05) is 36.7 Å². The summed E-state index contributed by atoms with van der Waals surface area (Å²) in [7, 11) is -6.83. The van der Waals surface area contributed by atoms with Crippen LogP contribution in [-0.4, -0.2) is 98.1 Å². The third-order valence-corrected chi connectivity index (χ3v) is 20.9. The van der Waals surface area contributed by atoms with Gasteiger partial charge in [-0.05, 0) is 107 Å². The van der Waals surface area contributed by atoms with E-state index in [0.717, 1.165) is 49.4 Å². The summed E-state index contributed by atoms with van der Waals surface area (Å²) in [5.41, 5.74) is 2.21. The second kappa shape index (κ2) is 23.5. The molecule has 15 heteroatoms. The van der Waals surface area contributed by atoms with Crippen molar-refractivity contribution in [2.24, 2.45) is 0 Å². The van der Waals surface area contributed by atoms with Gasteiger partial charge >= 0.3 is 26.7 Å². The zero-order chi connectivity index (χ0) is 39.2. The van der Waals surface area contributed by atoms with E-state index in [1.165, 1.54) is 0 Å². The van der Waals surface area contributed by atoms with E-state index in [2.05, 4.69) is 72.8 Å². The Morgan fingerprint density at radius 1 is 0.684 bits per heavy atom. The third-order valence-electron chi connectivity index (χ3n) is 9.43. The van der Waals surface area contributed by atoms with Crippen molar-refractivity contribution in [3.63, 3.8) is 0 Å². The lowest BCUT2D eigenvalue weighted by molar-refractivity contribution is -0.726. The van der Waals surface area contributed by atoms with Gasteiger partial charge in [0.15, 0.2) is 23.2 Å². The van der Waals surface area contributed by atoms with E-state index in [0.29, 0.717) is 31.9 Å². The van der Waals surface area contributed by atoms with Crippen molar-refractivity contribution in [3.05, 3.63) is 91.0 Å². The molecule has 318 valence electrons. The minimum Gasteiger partial charge on any atom is -0.437 e. The smallest absolute Gasteiger partial charge is 0.423 e. The van der Waals surface area contributed by atoms with Crippen molar-refractivity contribution < 1.29 is 27.1 Å². The highest BCUT2D eigenvalue weighted by atomic mass is 28.5. The molecule has 3 aromatic rings. The highest BCUT2D eigenvalue weighted by Gasteiger charge is 2.62. The lowest BCUT2D eigenvalue weighted by atomic mass is 10.3. The molecule has 0 radical (unpaired) electrons. The Balaban J connectivity index is 0.00000541. The number of likely N-dealkylation sites (N-methyl/N-ethyl adjacent to an activating group) is 1. The number of hydrogen-bond acceptors (Lipinski definition) is 6. The third kappa shape index (κ3) is 17.3. The number of carbonyl (C=O) groups is 3. The summed E-state index contributed by atoms with van der Waals surface area (Å²) in [4.78, 5) is 41.7. The van der Waals surface area contributed by atoms with Gasteiger partial charge in [0.1, 0.15) is 0 Å². The standard InChI is InChI=1S/C39H61N7O5Si3.3CH4/c1-8-40-26-28-45(38(48)42-34-22-14-10-15-23-34)27-18-30-52(2,3)50-54(6,7)51-53(4,5)31-19-29-46(39(49)43-35-24-16-11-17-25-35)32-36(46)44-37(47)41-33-20-12-9-13-21-33;;;/h9-17,20-25,36,40H,8,18-19,26-32H2,1-7H3,(H3-,41,42,43,44,47,48,49);3*1H4/p+1. The van der Waals surface area contributed by atoms with Crippen LogP contribution in [0.15, 0.2) is 91.0 Å². The van der Waals surface area contributed by atoms with Gasteiger partial charge in [0.05, 0.1) is 6.54 Å². The molecule has 1 aliphatic heterocycles. The number of nitrogens with one attached hydrogen (secondary N) is 5. The number of carbonyl (C=O) groups excluding carboxylic acids is 3. The Morgan fingerprint density at radius 2 is 1.16 bits per heavy atom. The Labute approximate surface area is 347 Å². The van der Waals surface area contributed by atoms with Gasteiger partial charge in [-0.2, -0.15) is 0 Å². The van der Waals surface area contributed by atoms with Crippen LogP contribution < -0.4 is 26.6 Å². The summed E-state index contributed by atoms with van der Waals surface area (Å²) in [5, 5.41) is 15.3. The largest absolute Gasteiger partial charge is 0.437 e. The normalized spacial score (nSPS) is 16.1. The minimum absolute atomic E-state index is 0. The van der Waals surface area contributed by atoms with Crippen molar-refractivity contribution in [1.29, 1.82) is 0 Å². The Bertz CT molecular complexity index is 1640. The molecule has 4 rings (SSSR count). The first-order valence-electron chi connectivity index (χ1n) is 19.2. The molecular formula is C42H74N7O5Si3+. The molecule has 1 aliphatic rings. The van der Waals surface area contributed by atoms with Crippen LogP contribution in [0.5, 0.6) is 0 Å². The monoisotopic (exact) mass is 841 g/mol. The maximum absolute atomic E-state index is 13.7. The van der Waals surface area contributed by atoms with Gasteiger partial charge in [-0.15, -0.1) is 0 Å². The maximum Gasteiger partial charge on any atom is 0.423 e. The summed E-state index contributed by atoms with van der Waals surface area (Å²) in [6, 6.07) is 29.5. The van der Waals surface area contributed by atoms with E-state index in [1.807, 2.05) is 95.9 Å². The first kappa shape index (κ1) is 51.2. The van der Waals surface area contributed by atoms with Gasteiger partial charge in [-0.25, -0.2) is 18.9 Å². The van der Waals surface area contributed by atoms with Crippen molar-refractivity contribution in [2.45, 2.75) is 99.6 Å². The Kier molecular flexibility index (Phi) is 21.1. The van der Waals surface area contributed by atoms with Crippen molar-refractivity contribution in [3.8, 4) is 0 Å². The molecular weight excluding hydrogens is 767 g/mol. The summed E-state index contributed by atoms with van der Waals surface area (Å²) in [6.45, 7) is 19.3. The first-order chi connectivity index (χ1) is 25.6. The molecule has 0 aliphatic carbocycles. The molecule has 2 atom stereocenters. The van der Waals surface area contributed by atoms with E-state index in [9.17, 15) is 14.4 Å². The van der Waals surface area contributed by atoms with Crippen LogP contribution in [-0.2, 0) is 8.23 Å². The number of quaternary nitrogens is 1. The summed E-state index contributed by atoms with van der Waals surface area (Å²) in [5.74, 6) is 0. The zero-order valence-corrected chi connectivity index (χ0v) is 36.2. The van der Waals surface area contributed by atoms with Crippen LogP contribution in [0.25, 0.3) is 0 Å². The first-order valence-corrected chi connectivity index (χ1v) is 28.2. The molecule has 5 N–H and O–H groups in total. The van der Waals surface area contributed by atoms with Gasteiger partial charge in [0.25, 0.3) is 0 Å². The van der Waals surface area contributed by atoms with Crippen LogP contribution in [0, 0.1) is 0 Å². The van der Waals surface area contributed by atoms with Gasteiger partial charge in [-0.1, -0.05) is 83.8 Å². The SMILES string of the molecule is C.C.C.CCNCCN(CCC[Si](C)(C)O[Si](C)(C)O[Si](C)(C)CCC[N+]1(C(=O)Nc2ccccc2)CC1NC(=O)Nc1ccccc1)C(=O)Nc1ccccc1. The number of rotatable bonds is 20. The lowest BCUT2D eigenvalue weighted by Crippen LogP contribution is -2.53. The molecule has 2 unspecified atom stereocenters. The van der Waals surface area contributed by atoms with E-state index in [4.69, 9.17) is 8.23 Å². The minimum atomic E-state index is -2.50. The molecule has 0 bridgehead atoms. The number of nitrogens with zero attached hydrogens (tertiary/aromatic N) is 2. The average molecular weight is 841 g/mol. The summed E-state index contributed by atoms with van der Waals surface area (Å²) in [6.07, 6.45) is 1.30. The number of benzene rings is 3. The number of para-hydroxylation sites is 3. The Morgan fingerprint density at radius 3 is 1.67 bits per heavy atom. The topological polar surface area (TPSA) is 133 Å². The molecule has 6 amide bonds. The quantitative estimate of drug-likeness (QED) is 0.0333. The van der Waals surface area contributed by atoms with E-state index in [-0.39, 0.29) is 51.0 Å². The molecule has 12 nitrogen and oxygen atoms in total. The molecule has 1 fully saturated rings. The van der Waals surface area contributed by atoms with Crippen molar-refractivity contribution in [1.82, 2.24) is 15.5 Å². The number of amides is 6. The van der Waals surface area contributed by atoms with E-state index < -0.39 is 25.2 Å². The zero-order valence-electron chi connectivity index (χ0n) is 33.2. The van der Waals surface area contributed by atoms with Gasteiger partial charge in [-0.3, -0.25) is 10.6 Å². The second-order valence-electron chi connectivity index (χ2n) is 15.7. The van der Waals surface area contributed by atoms with Crippen LogP contribution in [0.4, 0.5) is 31.4 Å². The fourth-order valence-corrected chi connectivity index (χ4v) is 21.0.